The maximum atomic E-state index is 5.49. The molecule has 2 aromatic heterocycles. The van der Waals surface area contributed by atoms with Crippen molar-refractivity contribution in [2.24, 2.45) is 0 Å². The van der Waals surface area contributed by atoms with Crippen LogP contribution in [-0.2, 0) is 6.54 Å². The Morgan fingerprint density at radius 2 is 2.10 bits per heavy atom. The molecule has 0 bridgehead atoms. The number of furan rings is 1. The lowest BCUT2D eigenvalue weighted by atomic mass is 10.2. The lowest BCUT2D eigenvalue weighted by molar-refractivity contribution is 0.525. The van der Waals surface area contributed by atoms with E-state index >= 15 is 0 Å². The average Bonchev–Trinajstić information content (AvgIpc) is 2.94. The van der Waals surface area contributed by atoms with Gasteiger partial charge in [-0.25, -0.2) is 4.98 Å². The second-order valence-corrected chi connectivity index (χ2v) is 7.02. The number of rotatable bonds is 5. The zero-order chi connectivity index (χ0) is 13.4. The normalized spacial score (nSPS) is 19.8. The number of aromatic nitrogens is 1. The van der Waals surface area contributed by atoms with Crippen molar-refractivity contribution in [3.63, 3.8) is 0 Å². The van der Waals surface area contributed by atoms with Crippen molar-refractivity contribution >= 4 is 11.3 Å². The lowest BCUT2D eigenvalue weighted by Crippen LogP contribution is -2.25. The smallest absolute Gasteiger partial charge is 0.162 e. The molecule has 4 rings (SSSR count). The molecule has 2 heterocycles. The molecule has 2 aromatic rings. The van der Waals surface area contributed by atoms with Gasteiger partial charge in [0.15, 0.2) is 10.8 Å². The Bertz CT molecular complexity index is 565. The molecule has 4 heteroatoms. The van der Waals surface area contributed by atoms with Gasteiger partial charge in [0.05, 0.1) is 12.0 Å². The first-order valence-electron chi connectivity index (χ1n) is 7.67. The van der Waals surface area contributed by atoms with Gasteiger partial charge in [-0.1, -0.05) is 12.8 Å². The molecule has 2 fully saturated rings. The van der Waals surface area contributed by atoms with Gasteiger partial charge in [0.25, 0.3) is 0 Å². The van der Waals surface area contributed by atoms with E-state index in [2.05, 4.69) is 5.32 Å². The van der Waals surface area contributed by atoms with Gasteiger partial charge >= 0.3 is 0 Å². The topological polar surface area (TPSA) is 38.1 Å². The highest BCUT2D eigenvalue weighted by Gasteiger charge is 2.30. The van der Waals surface area contributed by atoms with Crippen LogP contribution in [0.2, 0.25) is 0 Å². The van der Waals surface area contributed by atoms with Gasteiger partial charge in [-0.3, -0.25) is 0 Å². The summed E-state index contributed by atoms with van der Waals surface area (Å²) in [6.07, 6.45) is 9.77. The molecule has 3 nitrogen and oxygen atoms in total. The Morgan fingerprint density at radius 3 is 2.80 bits per heavy atom. The molecule has 0 spiro atoms. The highest BCUT2D eigenvalue weighted by atomic mass is 32.1. The number of hydrogen-bond donors (Lipinski definition) is 1. The molecule has 0 aromatic carbocycles. The fourth-order valence-corrected chi connectivity index (χ4v) is 4.11. The summed E-state index contributed by atoms with van der Waals surface area (Å²) < 4.78 is 5.49. The summed E-state index contributed by atoms with van der Waals surface area (Å²) in [5.41, 5.74) is 1.33. The Labute approximate surface area is 123 Å². The Kier molecular flexibility index (Phi) is 3.36. The predicted octanol–water partition coefficient (Wildman–Crippen LogP) is 4.31. The van der Waals surface area contributed by atoms with E-state index in [1.165, 1.54) is 49.1 Å². The molecule has 0 amide bonds. The monoisotopic (exact) mass is 288 g/mol. The summed E-state index contributed by atoms with van der Waals surface area (Å²) >= 11 is 1.80. The van der Waals surface area contributed by atoms with Crippen LogP contribution in [0.1, 0.15) is 55.0 Å². The van der Waals surface area contributed by atoms with Crippen LogP contribution in [0.15, 0.2) is 22.8 Å². The number of thiazole rings is 1. The summed E-state index contributed by atoms with van der Waals surface area (Å²) in [6, 6.07) is 4.66. The van der Waals surface area contributed by atoms with E-state index in [-0.39, 0.29) is 0 Å². The van der Waals surface area contributed by atoms with Crippen LogP contribution >= 0.6 is 11.3 Å². The minimum absolute atomic E-state index is 0.704. The van der Waals surface area contributed by atoms with Gasteiger partial charge in [-0.15, -0.1) is 11.3 Å². The van der Waals surface area contributed by atoms with Crippen LogP contribution in [0, 0.1) is 0 Å². The van der Waals surface area contributed by atoms with Crippen molar-refractivity contribution in [3.05, 3.63) is 29.0 Å². The van der Waals surface area contributed by atoms with Crippen molar-refractivity contribution in [2.45, 2.75) is 57.0 Å². The van der Waals surface area contributed by atoms with Gasteiger partial charge in [-0.2, -0.15) is 0 Å². The first kappa shape index (κ1) is 12.6. The molecule has 2 saturated carbocycles. The molecule has 2 aliphatic rings. The fourth-order valence-electron chi connectivity index (χ4n) is 3.04. The van der Waals surface area contributed by atoms with Crippen molar-refractivity contribution in [2.75, 3.05) is 0 Å². The zero-order valence-corrected chi connectivity index (χ0v) is 12.4. The van der Waals surface area contributed by atoms with Crippen LogP contribution in [0.3, 0.4) is 0 Å². The second-order valence-electron chi connectivity index (χ2n) is 5.94. The van der Waals surface area contributed by atoms with Gasteiger partial charge in [0.1, 0.15) is 0 Å². The Hall–Kier alpha value is -1.13. The largest absolute Gasteiger partial charge is 0.462 e. The van der Waals surface area contributed by atoms with Gasteiger partial charge < -0.3 is 9.73 Å². The molecule has 2 aliphatic carbocycles. The number of hydrogen-bond acceptors (Lipinski definition) is 4. The average molecular weight is 288 g/mol. The molecule has 0 aliphatic heterocycles. The molecular formula is C16H20N2OS. The second kappa shape index (κ2) is 5.34. The molecule has 0 unspecified atom stereocenters. The van der Waals surface area contributed by atoms with E-state index in [9.17, 15) is 0 Å². The predicted molar refractivity (Wildman–Crippen MR) is 80.9 cm³/mol. The molecule has 106 valence electrons. The number of nitrogens with zero attached hydrogens (tertiary/aromatic N) is 1. The quantitative estimate of drug-likeness (QED) is 0.890. The first-order chi connectivity index (χ1) is 9.90. The maximum Gasteiger partial charge on any atom is 0.162 e. The number of nitrogens with one attached hydrogen (secondary N) is 1. The summed E-state index contributed by atoms with van der Waals surface area (Å²) in [7, 11) is 0. The van der Waals surface area contributed by atoms with Crippen molar-refractivity contribution < 1.29 is 4.42 Å². The highest BCUT2D eigenvalue weighted by molar-refractivity contribution is 7.15. The van der Waals surface area contributed by atoms with Crippen molar-refractivity contribution in [1.29, 1.82) is 0 Å². The highest BCUT2D eigenvalue weighted by Crippen LogP contribution is 2.44. The van der Waals surface area contributed by atoms with Crippen LogP contribution in [-0.4, -0.2) is 11.0 Å². The van der Waals surface area contributed by atoms with E-state index < -0.39 is 0 Å². The minimum Gasteiger partial charge on any atom is -0.462 e. The first-order valence-corrected chi connectivity index (χ1v) is 8.48. The van der Waals surface area contributed by atoms with Crippen molar-refractivity contribution in [1.82, 2.24) is 10.3 Å². The van der Waals surface area contributed by atoms with Gasteiger partial charge in [0.2, 0.25) is 0 Å². The summed E-state index contributed by atoms with van der Waals surface area (Å²) in [5, 5.41) is 4.76. The van der Waals surface area contributed by atoms with E-state index in [0.717, 1.165) is 23.4 Å². The zero-order valence-electron chi connectivity index (χ0n) is 11.6. The summed E-state index contributed by atoms with van der Waals surface area (Å²) in [6.45, 7) is 0.981. The minimum atomic E-state index is 0.704. The summed E-state index contributed by atoms with van der Waals surface area (Å²) in [5.74, 6) is 1.61. The lowest BCUT2D eigenvalue weighted by Gasteiger charge is -2.11. The maximum absolute atomic E-state index is 5.49. The standard InChI is InChI=1S/C16H20N2OS/c1-2-5-12(4-1)17-10-14-15(11-7-8-11)18-16(20-14)13-6-3-9-19-13/h3,6,9,11-12,17H,1-2,4-5,7-8,10H2. The molecule has 0 radical (unpaired) electrons. The molecule has 0 atom stereocenters. The van der Waals surface area contributed by atoms with Crippen LogP contribution in [0.25, 0.3) is 10.8 Å². The van der Waals surface area contributed by atoms with Crippen LogP contribution in [0.4, 0.5) is 0 Å². The Morgan fingerprint density at radius 1 is 1.25 bits per heavy atom. The van der Waals surface area contributed by atoms with E-state index in [1.54, 1.807) is 17.6 Å². The fraction of sp³-hybridized carbons (Fsp3) is 0.562. The SMILES string of the molecule is c1coc(-c2nc(C3CC3)c(CNC3CCCC3)s2)c1. The molecular weight excluding hydrogens is 268 g/mol. The van der Waals surface area contributed by atoms with E-state index in [4.69, 9.17) is 9.40 Å². The van der Waals surface area contributed by atoms with E-state index in [0.29, 0.717) is 5.92 Å². The van der Waals surface area contributed by atoms with Crippen LogP contribution < -0.4 is 5.32 Å². The molecule has 20 heavy (non-hydrogen) atoms. The third kappa shape index (κ3) is 2.54. The van der Waals surface area contributed by atoms with Gasteiger partial charge in [-0.05, 0) is 37.8 Å². The molecule has 1 N–H and O–H groups in total. The third-order valence-electron chi connectivity index (χ3n) is 4.33. The van der Waals surface area contributed by atoms with Gasteiger partial charge in [0, 0.05) is 23.4 Å². The van der Waals surface area contributed by atoms with E-state index in [1.807, 2.05) is 12.1 Å². The van der Waals surface area contributed by atoms with Crippen molar-refractivity contribution in [3.8, 4) is 10.8 Å². The summed E-state index contributed by atoms with van der Waals surface area (Å²) in [4.78, 5) is 6.27. The van der Waals surface area contributed by atoms with Crippen LogP contribution in [0.5, 0.6) is 0 Å². The molecule has 0 saturated heterocycles. The Balaban J connectivity index is 1.54. The third-order valence-corrected chi connectivity index (χ3v) is 5.42.